The van der Waals surface area contributed by atoms with Gasteiger partial charge in [0.2, 0.25) is 0 Å². The molecule has 1 N–H and O–H groups in total. The molecule has 9 heteroatoms. The number of hydrogen-bond donors (Lipinski definition) is 1. The van der Waals surface area contributed by atoms with Crippen LogP contribution in [0.2, 0.25) is 0 Å². The van der Waals surface area contributed by atoms with Crippen LogP contribution in [0, 0.1) is 0 Å². The van der Waals surface area contributed by atoms with Crippen LogP contribution in [0.4, 0.5) is 10.5 Å². The van der Waals surface area contributed by atoms with Gasteiger partial charge in [0.15, 0.2) is 17.3 Å². The van der Waals surface area contributed by atoms with E-state index in [1.54, 1.807) is 56.7 Å². The molecule has 3 aromatic rings. The number of methoxy groups -OCH3 is 2. The molecule has 2 amide bonds. The summed E-state index contributed by atoms with van der Waals surface area (Å²) in [4.78, 5) is 24.5. The average Bonchev–Trinajstić information content (AvgIpc) is 3.35. The molecule has 2 heterocycles. The number of benzene rings is 2. The molecule has 9 nitrogen and oxygen atoms in total. The lowest BCUT2D eigenvalue weighted by molar-refractivity contribution is 0.0995. The number of amides is 2. The average molecular weight is 435 g/mol. The fourth-order valence-corrected chi connectivity index (χ4v) is 3.20. The van der Waals surface area contributed by atoms with E-state index in [4.69, 9.17) is 18.6 Å². The molecular formula is C23H21N3O6. The highest BCUT2D eigenvalue weighted by Gasteiger charge is 2.24. The second kappa shape index (κ2) is 9.25. The number of anilines is 1. The topological polar surface area (TPSA) is 103 Å². The van der Waals surface area contributed by atoms with E-state index in [1.807, 2.05) is 12.1 Å². The third-order valence-corrected chi connectivity index (χ3v) is 4.76. The molecule has 0 aliphatic carbocycles. The lowest BCUT2D eigenvalue weighted by Crippen LogP contribution is -2.35. The van der Waals surface area contributed by atoms with E-state index in [0.29, 0.717) is 22.9 Å². The van der Waals surface area contributed by atoms with Crippen molar-refractivity contribution in [1.82, 2.24) is 5.01 Å². The molecule has 0 unspecified atom stereocenters. The van der Waals surface area contributed by atoms with Crippen LogP contribution in [-0.2, 0) is 11.3 Å². The van der Waals surface area contributed by atoms with Crippen LogP contribution in [0.3, 0.4) is 0 Å². The highest BCUT2D eigenvalue weighted by atomic mass is 16.6. The highest BCUT2D eigenvalue weighted by molar-refractivity contribution is 6.04. The maximum absolute atomic E-state index is 12.3. The van der Waals surface area contributed by atoms with Crippen molar-refractivity contribution < 1.29 is 28.2 Å². The SMILES string of the molecule is COc1ccc(C2=NN(Cc3cccc(NC(=O)c4ccco4)c3)C(=O)OC2)cc1OC. The van der Waals surface area contributed by atoms with E-state index >= 15 is 0 Å². The van der Waals surface area contributed by atoms with Gasteiger partial charge in [-0.25, -0.2) is 4.79 Å². The van der Waals surface area contributed by atoms with Gasteiger partial charge in [-0.05, 0) is 48.0 Å². The summed E-state index contributed by atoms with van der Waals surface area (Å²) in [6.07, 6.45) is 0.876. The largest absolute Gasteiger partial charge is 0.493 e. The summed E-state index contributed by atoms with van der Waals surface area (Å²) in [5.74, 6) is 0.989. The van der Waals surface area contributed by atoms with Crippen molar-refractivity contribution in [1.29, 1.82) is 0 Å². The number of furan rings is 1. The van der Waals surface area contributed by atoms with Crippen LogP contribution >= 0.6 is 0 Å². The minimum absolute atomic E-state index is 0.0457. The molecule has 32 heavy (non-hydrogen) atoms. The lowest BCUT2D eigenvalue weighted by atomic mass is 10.1. The Labute approximate surface area is 184 Å². The Morgan fingerprint density at radius 3 is 2.69 bits per heavy atom. The summed E-state index contributed by atoms with van der Waals surface area (Å²) in [6.45, 7) is 0.212. The smallest absolute Gasteiger partial charge is 0.431 e. The van der Waals surface area contributed by atoms with Gasteiger partial charge in [0.05, 0.1) is 27.0 Å². The molecule has 2 aromatic carbocycles. The minimum Gasteiger partial charge on any atom is -0.493 e. The molecule has 164 valence electrons. The number of nitrogens with one attached hydrogen (secondary N) is 1. The molecule has 1 aliphatic rings. The van der Waals surface area contributed by atoms with Crippen LogP contribution in [0.1, 0.15) is 21.7 Å². The van der Waals surface area contributed by atoms with Gasteiger partial charge in [-0.15, -0.1) is 0 Å². The monoisotopic (exact) mass is 435 g/mol. The van der Waals surface area contributed by atoms with Gasteiger partial charge in [-0.1, -0.05) is 12.1 Å². The zero-order chi connectivity index (χ0) is 22.5. The van der Waals surface area contributed by atoms with Gasteiger partial charge in [-0.3, -0.25) is 4.79 Å². The minimum atomic E-state index is -0.556. The summed E-state index contributed by atoms with van der Waals surface area (Å²) in [7, 11) is 3.11. The zero-order valence-electron chi connectivity index (χ0n) is 17.5. The number of ether oxygens (including phenoxy) is 3. The number of carbonyl (C=O) groups excluding carboxylic acids is 2. The summed E-state index contributed by atoms with van der Waals surface area (Å²) < 4.78 is 21.0. The van der Waals surface area contributed by atoms with Gasteiger partial charge < -0.3 is 23.9 Å². The van der Waals surface area contributed by atoms with Crippen LogP contribution in [0.5, 0.6) is 11.5 Å². The first-order chi connectivity index (χ1) is 15.6. The maximum Gasteiger partial charge on any atom is 0.431 e. The van der Waals surface area contributed by atoms with Gasteiger partial charge in [0.1, 0.15) is 12.3 Å². The molecule has 1 aromatic heterocycles. The molecule has 0 radical (unpaired) electrons. The molecule has 0 spiro atoms. The number of hydrazone groups is 1. The Bertz CT molecular complexity index is 1160. The van der Waals surface area contributed by atoms with Gasteiger partial charge >= 0.3 is 6.09 Å². The van der Waals surface area contributed by atoms with Crippen molar-refractivity contribution in [2.75, 3.05) is 26.1 Å². The standard InChI is InChI=1S/C23H21N3O6/c1-29-19-9-8-16(12-21(19)30-2)18-14-32-23(28)26(25-18)13-15-5-3-6-17(11-15)24-22(27)20-7-4-10-31-20/h3-12H,13-14H2,1-2H3,(H,24,27). The maximum atomic E-state index is 12.3. The summed E-state index contributed by atoms with van der Waals surface area (Å²) >= 11 is 0. The molecule has 1 aliphatic heterocycles. The number of carbonyl (C=O) groups is 2. The van der Waals surface area contributed by atoms with E-state index in [2.05, 4.69) is 10.4 Å². The third-order valence-electron chi connectivity index (χ3n) is 4.76. The van der Waals surface area contributed by atoms with Crippen LogP contribution in [0.15, 0.2) is 70.4 Å². The first kappa shape index (κ1) is 21.0. The van der Waals surface area contributed by atoms with E-state index in [9.17, 15) is 9.59 Å². The molecule has 0 saturated carbocycles. The second-order valence-corrected chi connectivity index (χ2v) is 6.86. The first-order valence-electron chi connectivity index (χ1n) is 9.75. The second-order valence-electron chi connectivity index (χ2n) is 6.86. The Balaban J connectivity index is 1.52. The first-order valence-corrected chi connectivity index (χ1v) is 9.75. The van der Waals surface area contributed by atoms with Crippen molar-refractivity contribution in [3.63, 3.8) is 0 Å². The molecule has 4 rings (SSSR count). The van der Waals surface area contributed by atoms with Crippen LogP contribution < -0.4 is 14.8 Å². The fourth-order valence-electron chi connectivity index (χ4n) is 3.20. The lowest BCUT2D eigenvalue weighted by Gasteiger charge is -2.24. The number of cyclic esters (lactones) is 1. The van der Waals surface area contributed by atoms with Crippen molar-refractivity contribution in [3.05, 3.63) is 77.7 Å². The van der Waals surface area contributed by atoms with Crippen LogP contribution in [0.25, 0.3) is 0 Å². The molecule has 0 bridgehead atoms. The number of nitrogens with zero attached hydrogens (tertiary/aromatic N) is 2. The molecular weight excluding hydrogens is 414 g/mol. The van der Waals surface area contributed by atoms with E-state index < -0.39 is 6.09 Å². The fraction of sp³-hybridized carbons (Fsp3) is 0.174. The Morgan fingerprint density at radius 2 is 1.94 bits per heavy atom. The molecule has 0 saturated heterocycles. The Hall–Kier alpha value is -4.27. The number of rotatable bonds is 7. The summed E-state index contributed by atoms with van der Waals surface area (Å²) in [5.41, 5.74) is 2.65. The van der Waals surface area contributed by atoms with Crippen molar-refractivity contribution in [2.45, 2.75) is 6.54 Å². The van der Waals surface area contributed by atoms with Gasteiger partial charge in [0.25, 0.3) is 5.91 Å². The van der Waals surface area contributed by atoms with Crippen LogP contribution in [-0.4, -0.2) is 43.5 Å². The van der Waals surface area contributed by atoms with Gasteiger partial charge in [-0.2, -0.15) is 10.1 Å². The summed E-state index contributed by atoms with van der Waals surface area (Å²) in [6, 6.07) is 15.7. The zero-order valence-corrected chi connectivity index (χ0v) is 17.5. The summed E-state index contributed by atoms with van der Waals surface area (Å²) in [5, 5.41) is 8.47. The van der Waals surface area contributed by atoms with E-state index in [-0.39, 0.29) is 24.8 Å². The van der Waals surface area contributed by atoms with Crippen molar-refractivity contribution in [2.24, 2.45) is 5.10 Å². The van der Waals surface area contributed by atoms with Crippen molar-refractivity contribution in [3.8, 4) is 11.5 Å². The van der Waals surface area contributed by atoms with E-state index in [0.717, 1.165) is 11.1 Å². The predicted octanol–water partition coefficient (Wildman–Crippen LogP) is 3.91. The quantitative estimate of drug-likeness (QED) is 0.604. The Kier molecular flexibility index (Phi) is 6.07. The third kappa shape index (κ3) is 4.56. The van der Waals surface area contributed by atoms with Crippen molar-refractivity contribution >= 4 is 23.4 Å². The highest BCUT2D eigenvalue weighted by Crippen LogP contribution is 2.28. The Morgan fingerprint density at radius 1 is 1.09 bits per heavy atom. The normalized spacial score (nSPS) is 13.2. The van der Waals surface area contributed by atoms with E-state index in [1.165, 1.54) is 11.3 Å². The molecule has 0 atom stereocenters. The molecule has 0 fully saturated rings. The predicted molar refractivity (Wildman–Crippen MR) is 116 cm³/mol. The van der Waals surface area contributed by atoms with Gasteiger partial charge in [0, 0.05) is 11.3 Å². The number of hydrogen-bond acceptors (Lipinski definition) is 7.